The van der Waals surface area contributed by atoms with E-state index in [2.05, 4.69) is 26.1 Å². The average molecular weight is 472 g/mol. The third-order valence-corrected chi connectivity index (χ3v) is 6.49. The van der Waals surface area contributed by atoms with Crippen molar-refractivity contribution in [2.75, 3.05) is 26.9 Å². The molecule has 0 aliphatic heterocycles. The lowest BCUT2D eigenvalue weighted by molar-refractivity contribution is -0.0662. The van der Waals surface area contributed by atoms with E-state index in [4.69, 9.17) is 14.2 Å². The average Bonchev–Trinajstić information content (AvgIpc) is 2.76. The van der Waals surface area contributed by atoms with Crippen LogP contribution in [0.15, 0.2) is 0 Å². The Morgan fingerprint density at radius 3 is 1.61 bits per heavy atom. The van der Waals surface area contributed by atoms with Crippen molar-refractivity contribution < 1.29 is 19.0 Å². The first-order valence-corrected chi connectivity index (χ1v) is 13.8. The number of ether oxygens (including phenoxy) is 3. The monoisotopic (exact) mass is 471 g/mol. The molecule has 0 unspecified atom stereocenters. The van der Waals surface area contributed by atoms with E-state index in [1.165, 1.54) is 83.5 Å². The van der Waals surface area contributed by atoms with Gasteiger partial charge in [0.2, 0.25) is 0 Å². The van der Waals surface area contributed by atoms with Crippen LogP contribution in [0.2, 0.25) is 0 Å². The molecule has 0 spiro atoms. The Bertz CT molecular complexity index is 451. The van der Waals surface area contributed by atoms with E-state index in [1.54, 1.807) is 7.11 Å². The highest BCUT2D eigenvalue weighted by Crippen LogP contribution is 2.19. The van der Waals surface area contributed by atoms with E-state index in [9.17, 15) is 4.79 Å². The standard InChI is InChI=1S/C28H57NO4/c1-7-8-9-10-11-12-13-14-15-16-17-18-19-20-23-29-26(30)32-24-21-28(4,5)33-25-22-27(2,3)31-6/h7-25H2,1-6H3,(H,29,30). The predicted molar refractivity (Wildman–Crippen MR) is 140 cm³/mol. The van der Waals surface area contributed by atoms with Gasteiger partial charge < -0.3 is 19.5 Å². The van der Waals surface area contributed by atoms with Crippen molar-refractivity contribution in [3.05, 3.63) is 0 Å². The molecule has 5 nitrogen and oxygen atoms in total. The van der Waals surface area contributed by atoms with Gasteiger partial charge in [-0.1, -0.05) is 90.4 Å². The molecule has 0 atom stereocenters. The summed E-state index contributed by atoms with van der Waals surface area (Å²) in [6.45, 7) is 12.1. The number of nitrogens with one attached hydrogen (secondary N) is 1. The maximum atomic E-state index is 11.9. The molecule has 0 bridgehead atoms. The van der Waals surface area contributed by atoms with Gasteiger partial charge in [-0.3, -0.25) is 0 Å². The third kappa shape index (κ3) is 22.7. The van der Waals surface area contributed by atoms with Gasteiger partial charge in [-0.2, -0.15) is 0 Å². The minimum absolute atomic E-state index is 0.181. The highest BCUT2D eigenvalue weighted by atomic mass is 16.6. The van der Waals surface area contributed by atoms with E-state index < -0.39 is 0 Å². The first kappa shape index (κ1) is 32.2. The molecule has 33 heavy (non-hydrogen) atoms. The zero-order chi connectivity index (χ0) is 24.8. The number of hydrogen-bond acceptors (Lipinski definition) is 4. The Morgan fingerprint density at radius 2 is 1.12 bits per heavy atom. The third-order valence-electron chi connectivity index (χ3n) is 6.49. The van der Waals surface area contributed by atoms with Crippen LogP contribution in [0.3, 0.4) is 0 Å². The second-order valence-electron chi connectivity index (χ2n) is 10.7. The molecule has 1 N–H and O–H groups in total. The molecule has 0 fully saturated rings. The van der Waals surface area contributed by atoms with Crippen LogP contribution in [0.25, 0.3) is 0 Å². The fourth-order valence-corrected chi connectivity index (χ4v) is 3.70. The summed E-state index contributed by atoms with van der Waals surface area (Å²) in [4.78, 5) is 11.9. The summed E-state index contributed by atoms with van der Waals surface area (Å²) in [5, 5.41) is 2.86. The second-order valence-corrected chi connectivity index (χ2v) is 10.7. The van der Waals surface area contributed by atoms with Crippen molar-refractivity contribution in [1.82, 2.24) is 5.32 Å². The van der Waals surface area contributed by atoms with E-state index in [0.29, 0.717) is 26.2 Å². The number of alkyl carbamates (subject to hydrolysis) is 1. The molecule has 198 valence electrons. The molecule has 5 heteroatoms. The van der Waals surface area contributed by atoms with E-state index >= 15 is 0 Å². The summed E-state index contributed by atoms with van der Waals surface area (Å²) in [6, 6.07) is 0. The summed E-state index contributed by atoms with van der Waals surface area (Å²) in [7, 11) is 1.72. The summed E-state index contributed by atoms with van der Waals surface area (Å²) in [5.74, 6) is 0. The minimum atomic E-state index is -0.321. The van der Waals surface area contributed by atoms with Crippen molar-refractivity contribution in [2.24, 2.45) is 0 Å². The van der Waals surface area contributed by atoms with Crippen LogP contribution in [0.5, 0.6) is 0 Å². The van der Waals surface area contributed by atoms with Gasteiger partial charge in [0, 0.05) is 20.1 Å². The van der Waals surface area contributed by atoms with Gasteiger partial charge in [0.25, 0.3) is 0 Å². The smallest absolute Gasteiger partial charge is 0.407 e. The van der Waals surface area contributed by atoms with Crippen LogP contribution in [-0.4, -0.2) is 44.2 Å². The molecular formula is C28H57NO4. The summed E-state index contributed by atoms with van der Waals surface area (Å²) in [5.41, 5.74) is -0.502. The molecule has 0 radical (unpaired) electrons. The van der Waals surface area contributed by atoms with Gasteiger partial charge in [0.15, 0.2) is 0 Å². The first-order chi connectivity index (χ1) is 15.7. The highest BCUT2D eigenvalue weighted by molar-refractivity contribution is 5.66. The molecule has 0 aromatic carbocycles. The number of amides is 1. The van der Waals surface area contributed by atoms with Gasteiger partial charge >= 0.3 is 6.09 Å². The molecule has 0 aromatic rings. The lowest BCUT2D eigenvalue weighted by Gasteiger charge is -2.28. The van der Waals surface area contributed by atoms with Gasteiger partial charge in [-0.25, -0.2) is 4.79 Å². The summed E-state index contributed by atoms with van der Waals surface area (Å²) in [6.07, 6.45) is 19.9. The molecule has 0 rings (SSSR count). The predicted octanol–water partition coefficient (Wildman–Crippen LogP) is 8.19. The lowest BCUT2D eigenvalue weighted by Crippen LogP contribution is -2.32. The Balaban J connectivity index is 3.45. The molecule has 0 heterocycles. The fraction of sp³-hybridized carbons (Fsp3) is 0.964. The van der Waals surface area contributed by atoms with Gasteiger partial charge in [0.05, 0.1) is 24.4 Å². The van der Waals surface area contributed by atoms with E-state index in [1.807, 2.05) is 13.8 Å². The number of hydrogen-bond donors (Lipinski definition) is 1. The SMILES string of the molecule is CCCCCCCCCCCCCCCCNC(=O)OCCC(C)(C)OCCC(C)(C)OC. The largest absolute Gasteiger partial charge is 0.449 e. The molecule has 1 amide bonds. The normalized spacial score (nSPS) is 12.2. The van der Waals surface area contributed by atoms with Gasteiger partial charge in [-0.05, 0) is 40.5 Å². The number of methoxy groups -OCH3 is 1. The lowest BCUT2D eigenvalue weighted by atomic mass is 10.0. The van der Waals surface area contributed by atoms with Crippen molar-refractivity contribution >= 4 is 6.09 Å². The van der Waals surface area contributed by atoms with Crippen molar-refractivity contribution in [3.63, 3.8) is 0 Å². The maximum Gasteiger partial charge on any atom is 0.407 e. The molecule has 0 aromatic heterocycles. The minimum Gasteiger partial charge on any atom is -0.449 e. The van der Waals surface area contributed by atoms with E-state index in [0.717, 1.165) is 12.8 Å². The number of unbranched alkanes of at least 4 members (excludes halogenated alkanes) is 13. The molecule has 0 saturated heterocycles. The molecule has 0 saturated carbocycles. The second kappa shape index (κ2) is 20.6. The molecule has 0 aliphatic carbocycles. The Morgan fingerprint density at radius 1 is 0.667 bits per heavy atom. The number of carbonyl (C=O) groups is 1. The molecule has 0 aliphatic rings. The van der Waals surface area contributed by atoms with Crippen molar-refractivity contribution in [1.29, 1.82) is 0 Å². The zero-order valence-corrected chi connectivity index (χ0v) is 23.1. The zero-order valence-electron chi connectivity index (χ0n) is 23.1. The van der Waals surface area contributed by atoms with E-state index in [-0.39, 0.29) is 17.3 Å². The molecular weight excluding hydrogens is 414 g/mol. The van der Waals surface area contributed by atoms with Crippen LogP contribution < -0.4 is 5.32 Å². The first-order valence-electron chi connectivity index (χ1n) is 13.8. The number of rotatable bonds is 23. The summed E-state index contributed by atoms with van der Waals surface area (Å²) >= 11 is 0. The Hall–Kier alpha value is -0.810. The van der Waals surface area contributed by atoms with Crippen LogP contribution in [0, 0.1) is 0 Å². The number of carbonyl (C=O) groups excluding carboxylic acids is 1. The summed E-state index contributed by atoms with van der Waals surface area (Å²) < 4.78 is 16.7. The van der Waals surface area contributed by atoms with Crippen LogP contribution >= 0.6 is 0 Å². The maximum absolute atomic E-state index is 11.9. The van der Waals surface area contributed by atoms with Gasteiger partial charge in [0.1, 0.15) is 0 Å². The Kier molecular flexibility index (Phi) is 20.0. The fourth-order valence-electron chi connectivity index (χ4n) is 3.70. The van der Waals surface area contributed by atoms with Gasteiger partial charge in [-0.15, -0.1) is 0 Å². The van der Waals surface area contributed by atoms with Crippen LogP contribution in [0.1, 0.15) is 137 Å². The topological polar surface area (TPSA) is 56.8 Å². The van der Waals surface area contributed by atoms with Crippen LogP contribution in [0.4, 0.5) is 4.79 Å². The quantitative estimate of drug-likeness (QED) is 0.153. The highest BCUT2D eigenvalue weighted by Gasteiger charge is 2.22. The van der Waals surface area contributed by atoms with Crippen molar-refractivity contribution in [3.8, 4) is 0 Å². The van der Waals surface area contributed by atoms with Crippen LogP contribution in [-0.2, 0) is 14.2 Å². The Labute approximate surface area is 206 Å². The van der Waals surface area contributed by atoms with Crippen molar-refractivity contribution in [2.45, 2.75) is 149 Å².